The van der Waals surface area contributed by atoms with Gasteiger partial charge in [-0.15, -0.1) is 0 Å². The molecule has 0 aliphatic heterocycles. The SMILES string of the molecule is COc1ccc(CC2(CNCC(C)C)CCCC2)cc1F. The average Bonchev–Trinajstić information content (AvgIpc) is 2.87. The van der Waals surface area contributed by atoms with Gasteiger partial charge in [0.1, 0.15) is 0 Å². The highest BCUT2D eigenvalue weighted by atomic mass is 19.1. The van der Waals surface area contributed by atoms with E-state index in [1.807, 2.05) is 6.07 Å². The van der Waals surface area contributed by atoms with Crippen LogP contribution in [0.3, 0.4) is 0 Å². The molecule has 118 valence electrons. The Hall–Kier alpha value is -1.09. The van der Waals surface area contributed by atoms with E-state index < -0.39 is 0 Å². The Morgan fingerprint density at radius 3 is 2.57 bits per heavy atom. The van der Waals surface area contributed by atoms with Gasteiger partial charge in [0.15, 0.2) is 11.6 Å². The van der Waals surface area contributed by atoms with Crippen LogP contribution in [-0.2, 0) is 6.42 Å². The summed E-state index contributed by atoms with van der Waals surface area (Å²) in [4.78, 5) is 0. The van der Waals surface area contributed by atoms with Crippen molar-refractivity contribution < 1.29 is 9.13 Å². The molecule has 0 unspecified atom stereocenters. The molecule has 0 atom stereocenters. The van der Waals surface area contributed by atoms with E-state index in [9.17, 15) is 4.39 Å². The molecule has 0 heterocycles. The van der Waals surface area contributed by atoms with Gasteiger partial charge in [0.25, 0.3) is 0 Å². The van der Waals surface area contributed by atoms with E-state index >= 15 is 0 Å². The molecular formula is C18H28FNO. The summed E-state index contributed by atoms with van der Waals surface area (Å²) in [6, 6.07) is 5.39. The van der Waals surface area contributed by atoms with Crippen molar-refractivity contribution in [3.63, 3.8) is 0 Å². The lowest BCUT2D eigenvalue weighted by atomic mass is 9.80. The van der Waals surface area contributed by atoms with Crippen LogP contribution in [0.5, 0.6) is 5.75 Å². The highest BCUT2D eigenvalue weighted by Gasteiger charge is 2.33. The van der Waals surface area contributed by atoms with Crippen LogP contribution < -0.4 is 10.1 Å². The number of hydrogen-bond donors (Lipinski definition) is 1. The summed E-state index contributed by atoms with van der Waals surface area (Å²) in [7, 11) is 1.51. The van der Waals surface area contributed by atoms with Gasteiger partial charge in [0.2, 0.25) is 0 Å². The van der Waals surface area contributed by atoms with Gasteiger partial charge in [-0.05, 0) is 54.8 Å². The van der Waals surface area contributed by atoms with Crippen LogP contribution in [0.25, 0.3) is 0 Å². The fraction of sp³-hybridized carbons (Fsp3) is 0.667. The number of rotatable bonds is 7. The Morgan fingerprint density at radius 1 is 1.29 bits per heavy atom. The molecule has 1 aromatic rings. The molecule has 0 saturated heterocycles. The molecule has 1 saturated carbocycles. The van der Waals surface area contributed by atoms with Crippen molar-refractivity contribution in [1.29, 1.82) is 0 Å². The molecule has 3 heteroatoms. The van der Waals surface area contributed by atoms with Crippen molar-refractivity contribution >= 4 is 0 Å². The first-order valence-corrected chi connectivity index (χ1v) is 8.08. The number of nitrogens with one attached hydrogen (secondary N) is 1. The first-order chi connectivity index (χ1) is 10.0. The molecule has 0 radical (unpaired) electrons. The minimum Gasteiger partial charge on any atom is -0.494 e. The molecule has 0 amide bonds. The second-order valence-electron chi connectivity index (χ2n) is 6.88. The summed E-state index contributed by atoms with van der Waals surface area (Å²) in [6.45, 7) is 6.55. The van der Waals surface area contributed by atoms with Gasteiger partial charge in [0.05, 0.1) is 7.11 Å². The third-order valence-electron chi connectivity index (χ3n) is 4.51. The summed E-state index contributed by atoms with van der Waals surface area (Å²) in [5.74, 6) is 0.748. The summed E-state index contributed by atoms with van der Waals surface area (Å²) in [5.41, 5.74) is 1.39. The van der Waals surface area contributed by atoms with E-state index in [0.717, 1.165) is 25.1 Å². The summed E-state index contributed by atoms with van der Waals surface area (Å²) in [6.07, 6.45) is 6.03. The smallest absolute Gasteiger partial charge is 0.165 e. The third kappa shape index (κ3) is 4.44. The molecule has 21 heavy (non-hydrogen) atoms. The number of methoxy groups -OCH3 is 1. The monoisotopic (exact) mass is 293 g/mol. The zero-order chi connectivity index (χ0) is 15.3. The van der Waals surface area contributed by atoms with Gasteiger partial charge in [-0.25, -0.2) is 4.39 Å². The van der Waals surface area contributed by atoms with E-state index in [1.165, 1.54) is 32.8 Å². The molecule has 1 aliphatic carbocycles. The zero-order valence-electron chi connectivity index (χ0n) is 13.5. The second kappa shape index (κ2) is 7.26. The predicted molar refractivity (Wildman–Crippen MR) is 85.3 cm³/mol. The van der Waals surface area contributed by atoms with Crippen LogP contribution in [0, 0.1) is 17.2 Å². The van der Waals surface area contributed by atoms with Crippen LogP contribution in [0.4, 0.5) is 4.39 Å². The lowest BCUT2D eigenvalue weighted by Gasteiger charge is -2.30. The quantitative estimate of drug-likeness (QED) is 0.814. The van der Waals surface area contributed by atoms with Crippen LogP contribution in [-0.4, -0.2) is 20.2 Å². The Morgan fingerprint density at radius 2 is 2.00 bits per heavy atom. The fourth-order valence-corrected chi connectivity index (χ4v) is 3.42. The van der Waals surface area contributed by atoms with E-state index in [4.69, 9.17) is 4.74 Å². The van der Waals surface area contributed by atoms with E-state index in [2.05, 4.69) is 19.2 Å². The Labute approximate surface area is 128 Å². The molecule has 0 spiro atoms. The third-order valence-corrected chi connectivity index (χ3v) is 4.51. The molecule has 0 bridgehead atoms. The Bertz CT molecular complexity index is 453. The van der Waals surface area contributed by atoms with Crippen LogP contribution in [0.15, 0.2) is 18.2 Å². The maximum absolute atomic E-state index is 13.9. The second-order valence-corrected chi connectivity index (χ2v) is 6.88. The maximum Gasteiger partial charge on any atom is 0.165 e. The highest BCUT2D eigenvalue weighted by molar-refractivity contribution is 5.30. The maximum atomic E-state index is 13.9. The normalized spacial score (nSPS) is 17.4. The number of ether oxygens (including phenoxy) is 1. The highest BCUT2D eigenvalue weighted by Crippen LogP contribution is 2.40. The average molecular weight is 293 g/mol. The van der Waals surface area contributed by atoms with Gasteiger partial charge in [-0.2, -0.15) is 0 Å². The standard InChI is InChI=1S/C18H28FNO/c1-14(2)12-20-13-18(8-4-5-9-18)11-15-6-7-17(21-3)16(19)10-15/h6-7,10,14,20H,4-5,8-9,11-13H2,1-3H3. The minimum atomic E-state index is -0.252. The van der Waals surface area contributed by atoms with Crippen molar-refractivity contribution in [2.45, 2.75) is 46.0 Å². The van der Waals surface area contributed by atoms with Crippen LogP contribution in [0.1, 0.15) is 45.1 Å². The van der Waals surface area contributed by atoms with Crippen molar-refractivity contribution in [3.8, 4) is 5.75 Å². The largest absolute Gasteiger partial charge is 0.494 e. The Balaban J connectivity index is 2.03. The lowest BCUT2D eigenvalue weighted by Crippen LogP contribution is -2.35. The van der Waals surface area contributed by atoms with E-state index in [1.54, 1.807) is 12.1 Å². The van der Waals surface area contributed by atoms with Gasteiger partial charge < -0.3 is 10.1 Å². The molecular weight excluding hydrogens is 265 g/mol. The van der Waals surface area contributed by atoms with E-state index in [-0.39, 0.29) is 5.82 Å². The molecule has 2 rings (SSSR count). The number of hydrogen-bond acceptors (Lipinski definition) is 2. The Kier molecular flexibility index (Phi) is 5.63. The number of halogens is 1. The number of benzene rings is 1. The molecule has 2 nitrogen and oxygen atoms in total. The molecule has 0 aromatic heterocycles. The minimum absolute atomic E-state index is 0.252. The zero-order valence-corrected chi connectivity index (χ0v) is 13.5. The molecule has 1 N–H and O–H groups in total. The van der Waals surface area contributed by atoms with Gasteiger partial charge in [-0.1, -0.05) is 32.8 Å². The van der Waals surface area contributed by atoms with Crippen molar-refractivity contribution in [1.82, 2.24) is 5.32 Å². The molecule has 1 fully saturated rings. The van der Waals surface area contributed by atoms with Gasteiger partial charge in [-0.3, -0.25) is 0 Å². The summed E-state index contributed by atoms with van der Waals surface area (Å²) < 4.78 is 18.9. The first kappa shape index (κ1) is 16.3. The fourth-order valence-electron chi connectivity index (χ4n) is 3.42. The topological polar surface area (TPSA) is 21.3 Å². The lowest BCUT2D eigenvalue weighted by molar-refractivity contribution is 0.272. The van der Waals surface area contributed by atoms with Crippen molar-refractivity contribution in [3.05, 3.63) is 29.6 Å². The van der Waals surface area contributed by atoms with Crippen LogP contribution in [0.2, 0.25) is 0 Å². The van der Waals surface area contributed by atoms with Gasteiger partial charge >= 0.3 is 0 Å². The van der Waals surface area contributed by atoms with Crippen molar-refractivity contribution in [2.75, 3.05) is 20.2 Å². The van der Waals surface area contributed by atoms with E-state index in [0.29, 0.717) is 17.1 Å². The predicted octanol–water partition coefficient (Wildman–Crippen LogP) is 4.18. The van der Waals surface area contributed by atoms with Crippen molar-refractivity contribution in [2.24, 2.45) is 11.3 Å². The molecule has 1 aliphatic rings. The first-order valence-electron chi connectivity index (χ1n) is 8.08. The van der Waals surface area contributed by atoms with Gasteiger partial charge in [0, 0.05) is 6.54 Å². The summed E-state index contributed by atoms with van der Waals surface area (Å²) in [5, 5.41) is 3.61. The van der Waals surface area contributed by atoms with Crippen LogP contribution >= 0.6 is 0 Å². The summed E-state index contributed by atoms with van der Waals surface area (Å²) >= 11 is 0. The molecule has 1 aromatic carbocycles.